The van der Waals surface area contributed by atoms with Crippen molar-refractivity contribution in [3.63, 3.8) is 0 Å². The zero-order valence-electron chi connectivity index (χ0n) is 17.9. The maximum atomic E-state index is 12.6. The van der Waals surface area contributed by atoms with Crippen LogP contribution >= 0.6 is 11.8 Å². The highest BCUT2D eigenvalue weighted by molar-refractivity contribution is 8.26. The molecule has 3 heterocycles. The lowest BCUT2D eigenvalue weighted by Gasteiger charge is -2.20. The number of thioether (sulfide) groups is 1. The van der Waals surface area contributed by atoms with Gasteiger partial charge in [-0.25, -0.2) is 0 Å². The Kier molecular flexibility index (Phi) is 5.43. The summed E-state index contributed by atoms with van der Waals surface area (Å²) in [6.07, 6.45) is 2.32. The van der Waals surface area contributed by atoms with Crippen molar-refractivity contribution < 1.29 is 14.5 Å². The van der Waals surface area contributed by atoms with E-state index in [9.17, 15) is 14.9 Å². The molecule has 0 spiro atoms. The Morgan fingerprint density at radius 2 is 2.06 bits per heavy atom. The standard InChI is InChI=1S/C21H20N6O4S/c1-5-18-24-26-19(22)15(20(28)23-21(26)32-18)9-13-8-11(2)25(12(13)3)16-7-6-14(27(29)30)10-17(16)31-4/h6-10,22H,5H2,1-4H3. The number of rotatable bonds is 5. The molecular formula is C21H20N6O4S. The minimum Gasteiger partial charge on any atom is -0.494 e. The van der Waals surface area contributed by atoms with Crippen LogP contribution in [0.25, 0.3) is 11.8 Å². The number of amides is 1. The van der Waals surface area contributed by atoms with Crippen LogP contribution < -0.4 is 4.74 Å². The van der Waals surface area contributed by atoms with Crippen molar-refractivity contribution in [2.24, 2.45) is 10.1 Å². The number of aliphatic imine (C=N–C) groups is 1. The second-order valence-electron chi connectivity index (χ2n) is 7.14. The summed E-state index contributed by atoms with van der Waals surface area (Å²) in [7, 11) is 1.45. The van der Waals surface area contributed by atoms with Gasteiger partial charge in [0.2, 0.25) is 5.17 Å². The topological polar surface area (TPSA) is 126 Å². The molecule has 1 aromatic heterocycles. The number of amidine groups is 2. The number of hydrogen-bond acceptors (Lipinski definition) is 7. The Labute approximate surface area is 187 Å². The van der Waals surface area contributed by atoms with E-state index in [1.807, 2.05) is 31.4 Å². The lowest BCUT2D eigenvalue weighted by molar-refractivity contribution is -0.384. The van der Waals surface area contributed by atoms with Gasteiger partial charge in [0.15, 0.2) is 5.84 Å². The van der Waals surface area contributed by atoms with Gasteiger partial charge in [-0.3, -0.25) is 20.3 Å². The number of benzene rings is 1. The number of nitrogens with one attached hydrogen (secondary N) is 1. The zero-order chi connectivity index (χ0) is 23.2. The lowest BCUT2D eigenvalue weighted by Crippen LogP contribution is -2.35. The van der Waals surface area contributed by atoms with Gasteiger partial charge >= 0.3 is 0 Å². The molecule has 4 rings (SSSR count). The van der Waals surface area contributed by atoms with Crippen molar-refractivity contribution in [1.29, 1.82) is 5.41 Å². The maximum absolute atomic E-state index is 12.6. The third-order valence-electron chi connectivity index (χ3n) is 5.18. The molecule has 0 bridgehead atoms. The highest BCUT2D eigenvalue weighted by Crippen LogP contribution is 2.33. The Balaban J connectivity index is 1.77. The van der Waals surface area contributed by atoms with E-state index < -0.39 is 10.8 Å². The summed E-state index contributed by atoms with van der Waals surface area (Å²) >= 11 is 1.30. The fraction of sp³-hybridized carbons (Fsp3) is 0.238. The van der Waals surface area contributed by atoms with E-state index in [2.05, 4.69) is 10.1 Å². The molecule has 164 valence electrons. The summed E-state index contributed by atoms with van der Waals surface area (Å²) in [5, 5.41) is 26.5. The van der Waals surface area contributed by atoms with E-state index >= 15 is 0 Å². The van der Waals surface area contributed by atoms with Gasteiger partial charge in [0.05, 0.1) is 29.4 Å². The summed E-state index contributed by atoms with van der Waals surface area (Å²) in [5.74, 6) is -0.154. The fourth-order valence-electron chi connectivity index (χ4n) is 3.60. The highest BCUT2D eigenvalue weighted by Gasteiger charge is 2.35. The van der Waals surface area contributed by atoms with E-state index in [1.165, 1.54) is 36.0 Å². The number of aromatic nitrogens is 1. The van der Waals surface area contributed by atoms with E-state index in [4.69, 9.17) is 10.1 Å². The third-order valence-corrected chi connectivity index (χ3v) is 6.24. The van der Waals surface area contributed by atoms with Gasteiger partial charge in [0.1, 0.15) is 10.8 Å². The first kappa shape index (κ1) is 21.5. The second kappa shape index (κ2) is 8.08. The fourth-order valence-corrected chi connectivity index (χ4v) is 4.42. The van der Waals surface area contributed by atoms with Crippen molar-refractivity contribution >= 4 is 45.5 Å². The zero-order valence-corrected chi connectivity index (χ0v) is 18.7. The highest BCUT2D eigenvalue weighted by atomic mass is 32.2. The van der Waals surface area contributed by atoms with Gasteiger partial charge in [0, 0.05) is 17.5 Å². The van der Waals surface area contributed by atoms with Gasteiger partial charge < -0.3 is 9.30 Å². The van der Waals surface area contributed by atoms with E-state index in [0.29, 0.717) is 23.0 Å². The molecule has 0 atom stereocenters. The predicted molar refractivity (Wildman–Crippen MR) is 124 cm³/mol. The number of nitro benzene ring substituents is 1. The number of carbonyl (C=O) groups excluding carboxylic acids is 1. The minimum absolute atomic E-state index is 0.0198. The van der Waals surface area contributed by atoms with Crippen molar-refractivity contribution in [2.75, 3.05) is 7.11 Å². The monoisotopic (exact) mass is 452 g/mol. The van der Waals surface area contributed by atoms with Gasteiger partial charge in [-0.2, -0.15) is 15.1 Å². The van der Waals surface area contributed by atoms with E-state index in [-0.39, 0.29) is 17.1 Å². The van der Waals surface area contributed by atoms with E-state index in [0.717, 1.165) is 22.0 Å². The molecule has 0 fully saturated rings. The normalized spacial score (nSPS) is 16.9. The molecule has 1 aromatic carbocycles. The van der Waals surface area contributed by atoms with Crippen LogP contribution in [0.3, 0.4) is 0 Å². The molecule has 1 N–H and O–H groups in total. The molecule has 10 nitrogen and oxygen atoms in total. The van der Waals surface area contributed by atoms with Crippen molar-refractivity contribution in [3.8, 4) is 11.4 Å². The number of ether oxygens (including phenoxy) is 1. The number of nitrogens with zero attached hydrogens (tertiary/aromatic N) is 5. The first-order chi connectivity index (χ1) is 15.2. The molecule has 11 heteroatoms. The summed E-state index contributed by atoms with van der Waals surface area (Å²) in [4.78, 5) is 27.4. The summed E-state index contributed by atoms with van der Waals surface area (Å²) in [6, 6.07) is 6.29. The molecule has 1 amide bonds. The van der Waals surface area contributed by atoms with Crippen LogP contribution in [0, 0.1) is 29.4 Å². The van der Waals surface area contributed by atoms with Gasteiger partial charge in [-0.05, 0) is 55.8 Å². The molecule has 0 radical (unpaired) electrons. The summed E-state index contributed by atoms with van der Waals surface area (Å²) in [5.41, 5.74) is 3.05. The number of fused-ring (bicyclic) bond motifs is 1. The van der Waals surface area contributed by atoms with Crippen LogP contribution in [0.2, 0.25) is 0 Å². The maximum Gasteiger partial charge on any atom is 0.283 e. The average molecular weight is 452 g/mol. The number of hydrazone groups is 1. The lowest BCUT2D eigenvalue weighted by atomic mass is 10.1. The van der Waals surface area contributed by atoms with Crippen LogP contribution in [-0.2, 0) is 4.79 Å². The van der Waals surface area contributed by atoms with Crippen molar-refractivity contribution in [1.82, 2.24) is 9.58 Å². The molecule has 2 aromatic rings. The SMILES string of the molecule is CCC1=NN2C(=N)C(=Cc3cc(C)n(-c4ccc([N+](=O)[O-])cc4OC)c3C)C(=O)N=C2S1. The smallest absolute Gasteiger partial charge is 0.283 e. The van der Waals surface area contributed by atoms with Crippen LogP contribution in [0.4, 0.5) is 5.69 Å². The summed E-state index contributed by atoms with van der Waals surface area (Å²) in [6.45, 7) is 5.70. The Hall–Kier alpha value is -3.73. The van der Waals surface area contributed by atoms with Crippen molar-refractivity contribution in [3.05, 3.63) is 56.9 Å². The quantitative estimate of drug-likeness (QED) is 0.414. The minimum atomic E-state index is -0.487. The van der Waals surface area contributed by atoms with Crippen LogP contribution in [0.15, 0.2) is 39.9 Å². The number of nitro groups is 1. The molecule has 0 saturated carbocycles. The Bertz CT molecular complexity index is 1270. The molecule has 0 unspecified atom stereocenters. The summed E-state index contributed by atoms with van der Waals surface area (Å²) < 4.78 is 7.28. The van der Waals surface area contributed by atoms with Gasteiger partial charge in [0.25, 0.3) is 11.6 Å². The number of carbonyl (C=O) groups is 1. The number of methoxy groups -OCH3 is 1. The number of aryl methyl sites for hydroxylation is 1. The molecular weight excluding hydrogens is 432 g/mol. The van der Waals surface area contributed by atoms with Crippen LogP contribution in [-0.4, -0.2) is 43.6 Å². The largest absolute Gasteiger partial charge is 0.494 e. The molecule has 2 aliphatic rings. The first-order valence-corrected chi connectivity index (χ1v) is 10.6. The first-order valence-electron chi connectivity index (χ1n) is 9.76. The number of hydrogen-bond donors (Lipinski definition) is 1. The van der Waals surface area contributed by atoms with Gasteiger partial charge in [-0.1, -0.05) is 6.92 Å². The third kappa shape index (κ3) is 3.50. The Morgan fingerprint density at radius 1 is 1.31 bits per heavy atom. The molecule has 0 saturated heterocycles. The van der Waals surface area contributed by atoms with Crippen LogP contribution in [0.5, 0.6) is 5.75 Å². The molecule has 2 aliphatic heterocycles. The average Bonchev–Trinajstić information content (AvgIpc) is 3.30. The second-order valence-corrected chi connectivity index (χ2v) is 8.18. The molecule has 32 heavy (non-hydrogen) atoms. The number of non-ortho nitro benzene ring substituents is 1. The van der Waals surface area contributed by atoms with Crippen LogP contribution in [0.1, 0.15) is 30.3 Å². The predicted octanol–water partition coefficient (Wildman–Crippen LogP) is 4.04. The van der Waals surface area contributed by atoms with Gasteiger partial charge in [-0.15, -0.1) is 0 Å². The van der Waals surface area contributed by atoms with Crippen molar-refractivity contribution in [2.45, 2.75) is 27.2 Å². The molecule has 0 aliphatic carbocycles. The van der Waals surface area contributed by atoms with E-state index in [1.54, 1.807) is 12.1 Å². The Morgan fingerprint density at radius 3 is 2.72 bits per heavy atom.